The standard InChI is InChI=1S/C20H19NO4/c22-18(15-5-7-16(8-6-15)19(23)24)21-11-12-25-20(13-21)10-9-14-3-1-2-4-17(14)20/h1-8H,9-13H2,(H,23,24). The van der Waals surface area contributed by atoms with Crippen LogP contribution in [0.1, 0.15) is 38.3 Å². The molecule has 25 heavy (non-hydrogen) atoms. The van der Waals surface area contributed by atoms with Gasteiger partial charge < -0.3 is 14.7 Å². The zero-order valence-electron chi connectivity index (χ0n) is 13.8. The number of rotatable bonds is 2. The molecule has 2 aromatic carbocycles. The molecule has 1 saturated heterocycles. The molecule has 128 valence electrons. The van der Waals surface area contributed by atoms with E-state index in [0.29, 0.717) is 25.3 Å². The third kappa shape index (κ3) is 2.70. The minimum Gasteiger partial charge on any atom is -0.478 e. The molecule has 0 saturated carbocycles. The number of aryl methyl sites for hydroxylation is 1. The van der Waals surface area contributed by atoms with Crippen molar-refractivity contribution in [1.29, 1.82) is 0 Å². The van der Waals surface area contributed by atoms with Gasteiger partial charge in [0, 0.05) is 12.1 Å². The Labute approximate surface area is 145 Å². The lowest BCUT2D eigenvalue weighted by atomic mass is 9.93. The number of nitrogens with zero attached hydrogens (tertiary/aromatic N) is 1. The maximum Gasteiger partial charge on any atom is 0.335 e. The Hall–Kier alpha value is -2.66. The molecule has 5 heteroatoms. The monoisotopic (exact) mass is 337 g/mol. The van der Waals surface area contributed by atoms with Crippen LogP contribution >= 0.6 is 0 Å². The van der Waals surface area contributed by atoms with Crippen LogP contribution in [0.15, 0.2) is 48.5 Å². The molecule has 1 unspecified atom stereocenters. The minimum absolute atomic E-state index is 0.0796. The smallest absolute Gasteiger partial charge is 0.335 e. The Morgan fingerprint density at radius 2 is 1.76 bits per heavy atom. The molecule has 2 aromatic rings. The van der Waals surface area contributed by atoms with Crippen LogP contribution < -0.4 is 0 Å². The Morgan fingerprint density at radius 3 is 2.52 bits per heavy atom. The molecule has 1 aliphatic heterocycles. The van der Waals surface area contributed by atoms with Crippen LogP contribution in [0.2, 0.25) is 0 Å². The van der Waals surface area contributed by atoms with E-state index in [1.807, 2.05) is 17.0 Å². The van der Waals surface area contributed by atoms with Gasteiger partial charge in [0.15, 0.2) is 0 Å². The number of fused-ring (bicyclic) bond motifs is 2. The molecule has 1 spiro atoms. The van der Waals surface area contributed by atoms with E-state index in [4.69, 9.17) is 9.84 Å². The van der Waals surface area contributed by atoms with Crippen molar-refractivity contribution in [2.45, 2.75) is 18.4 Å². The summed E-state index contributed by atoms with van der Waals surface area (Å²) < 4.78 is 6.15. The topological polar surface area (TPSA) is 66.8 Å². The number of carbonyl (C=O) groups is 2. The van der Waals surface area contributed by atoms with E-state index in [2.05, 4.69) is 12.1 Å². The highest BCUT2D eigenvalue weighted by Crippen LogP contribution is 2.42. The molecule has 1 fully saturated rings. The van der Waals surface area contributed by atoms with Gasteiger partial charge in [0.1, 0.15) is 5.60 Å². The maximum absolute atomic E-state index is 12.9. The molecule has 5 nitrogen and oxygen atoms in total. The van der Waals surface area contributed by atoms with Gasteiger partial charge in [-0.05, 0) is 48.2 Å². The highest BCUT2D eigenvalue weighted by Gasteiger charge is 2.44. The fourth-order valence-electron chi connectivity index (χ4n) is 3.86. The van der Waals surface area contributed by atoms with Crippen LogP contribution in [0.5, 0.6) is 0 Å². The summed E-state index contributed by atoms with van der Waals surface area (Å²) in [6.07, 6.45) is 1.85. The minimum atomic E-state index is -0.994. The Bertz CT molecular complexity index is 826. The molecule has 1 aliphatic carbocycles. The highest BCUT2D eigenvalue weighted by atomic mass is 16.5. The predicted octanol–water partition coefficient (Wildman–Crippen LogP) is 2.70. The molecule has 2 aliphatic rings. The second-order valence-corrected chi connectivity index (χ2v) is 6.61. The van der Waals surface area contributed by atoms with Crippen LogP contribution in [0.3, 0.4) is 0 Å². The molecule has 1 atom stereocenters. The van der Waals surface area contributed by atoms with Crippen molar-refractivity contribution in [3.8, 4) is 0 Å². The quantitative estimate of drug-likeness (QED) is 0.915. The third-order valence-electron chi connectivity index (χ3n) is 5.16. The number of benzene rings is 2. The van der Waals surface area contributed by atoms with Gasteiger partial charge in [-0.15, -0.1) is 0 Å². The van der Waals surface area contributed by atoms with Gasteiger partial charge in [0.05, 0.1) is 18.7 Å². The zero-order valence-corrected chi connectivity index (χ0v) is 13.8. The first kappa shape index (κ1) is 15.8. The number of carbonyl (C=O) groups excluding carboxylic acids is 1. The van der Waals surface area contributed by atoms with Crippen LogP contribution in [0, 0.1) is 0 Å². The number of amides is 1. The molecule has 1 amide bonds. The zero-order chi connectivity index (χ0) is 17.4. The van der Waals surface area contributed by atoms with E-state index >= 15 is 0 Å². The fraction of sp³-hybridized carbons (Fsp3) is 0.300. The number of hydrogen-bond acceptors (Lipinski definition) is 3. The lowest BCUT2D eigenvalue weighted by Crippen LogP contribution is -2.51. The van der Waals surface area contributed by atoms with E-state index in [1.165, 1.54) is 23.3 Å². The summed E-state index contributed by atoms with van der Waals surface area (Å²) in [5.74, 6) is -1.07. The fourth-order valence-corrected chi connectivity index (χ4v) is 3.86. The molecule has 4 rings (SSSR count). The first-order valence-electron chi connectivity index (χ1n) is 8.44. The Morgan fingerprint density at radius 1 is 1.04 bits per heavy atom. The Balaban J connectivity index is 1.57. The number of morpholine rings is 1. The summed E-state index contributed by atoms with van der Waals surface area (Å²) in [6, 6.07) is 14.4. The number of carboxylic acids is 1. The lowest BCUT2D eigenvalue weighted by molar-refractivity contribution is -0.103. The van der Waals surface area contributed by atoms with Gasteiger partial charge >= 0.3 is 5.97 Å². The Kier molecular flexibility index (Phi) is 3.81. The number of aromatic carboxylic acids is 1. The van der Waals surface area contributed by atoms with Crippen LogP contribution in [-0.4, -0.2) is 41.6 Å². The molecule has 0 radical (unpaired) electrons. The number of ether oxygens (including phenoxy) is 1. The molecular formula is C20H19NO4. The third-order valence-corrected chi connectivity index (χ3v) is 5.16. The molecule has 0 aromatic heterocycles. The predicted molar refractivity (Wildman–Crippen MR) is 91.7 cm³/mol. The summed E-state index contributed by atoms with van der Waals surface area (Å²) in [6.45, 7) is 1.58. The van der Waals surface area contributed by atoms with Crippen molar-refractivity contribution in [1.82, 2.24) is 4.90 Å². The van der Waals surface area contributed by atoms with Gasteiger partial charge in [0.25, 0.3) is 5.91 Å². The second-order valence-electron chi connectivity index (χ2n) is 6.61. The molecular weight excluding hydrogens is 318 g/mol. The average molecular weight is 337 g/mol. The van der Waals surface area contributed by atoms with Crippen molar-refractivity contribution in [2.75, 3.05) is 19.7 Å². The second kappa shape index (κ2) is 6.01. The highest BCUT2D eigenvalue weighted by molar-refractivity contribution is 5.96. The summed E-state index contributed by atoms with van der Waals surface area (Å²) in [5, 5.41) is 8.98. The SMILES string of the molecule is O=C(O)c1ccc(C(=O)N2CCOC3(CCc4ccccc43)C2)cc1. The molecule has 1 heterocycles. The largest absolute Gasteiger partial charge is 0.478 e. The lowest BCUT2D eigenvalue weighted by Gasteiger charge is -2.41. The van der Waals surface area contributed by atoms with Gasteiger partial charge in [-0.3, -0.25) is 4.79 Å². The van der Waals surface area contributed by atoms with Crippen molar-refractivity contribution in [2.24, 2.45) is 0 Å². The van der Waals surface area contributed by atoms with E-state index in [-0.39, 0.29) is 11.5 Å². The van der Waals surface area contributed by atoms with Crippen LogP contribution in [0.4, 0.5) is 0 Å². The van der Waals surface area contributed by atoms with Crippen molar-refractivity contribution in [3.63, 3.8) is 0 Å². The number of carboxylic acid groups (broad SMARTS) is 1. The first-order chi connectivity index (χ1) is 12.1. The summed E-state index contributed by atoms with van der Waals surface area (Å²) in [7, 11) is 0. The van der Waals surface area contributed by atoms with Gasteiger partial charge in [0.2, 0.25) is 0 Å². The van der Waals surface area contributed by atoms with Crippen LogP contribution in [0.25, 0.3) is 0 Å². The van der Waals surface area contributed by atoms with Crippen molar-refractivity contribution >= 4 is 11.9 Å². The summed E-state index contributed by atoms with van der Waals surface area (Å²) in [5.41, 5.74) is 2.76. The normalized spacial score (nSPS) is 22.0. The van der Waals surface area contributed by atoms with E-state index in [1.54, 1.807) is 12.1 Å². The number of hydrogen-bond donors (Lipinski definition) is 1. The summed E-state index contributed by atoms with van der Waals surface area (Å²) >= 11 is 0. The van der Waals surface area contributed by atoms with Gasteiger partial charge in [-0.1, -0.05) is 24.3 Å². The molecule has 0 bridgehead atoms. The summed E-state index contributed by atoms with van der Waals surface area (Å²) in [4.78, 5) is 25.6. The van der Waals surface area contributed by atoms with Gasteiger partial charge in [-0.2, -0.15) is 0 Å². The first-order valence-corrected chi connectivity index (χ1v) is 8.44. The molecule has 1 N–H and O–H groups in total. The van der Waals surface area contributed by atoms with E-state index in [0.717, 1.165) is 12.8 Å². The van der Waals surface area contributed by atoms with Crippen LogP contribution in [-0.2, 0) is 16.8 Å². The van der Waals surface area contributed by atoms with Gasteiger partial charge in [-0.25, -0.2) is 4.79 Å². The van der Waals surface area contributed by atoms with E-state index in [9.17, 15) is 9.59 Å². The van der Waals surface area contributed by atoms with Crippen molar-refractivity contribution in [3.05, 3.63) is 70.8 Å². The average Bonchev–Trinajstić information content (AvgIpc) is 2.99. The maximum atomic E-state index is 12.9. The van der Waals surface area contributed by atoms with E-state index < -0.39 is 11.6 Å². The van der Waals surface area contributed by atoms with Crippen molar-refractivity contribution < 1.29 is 19.4 Å².